The molecule has 0 heterocycles. The van der Waals surface area contributed by atoms with Gasteiger partial charge in [0, 0.05) is 0 Å². The van der Waals surface area contributed by atoms with Gasteiger partial charge in [-0.3, -0.25) is 0 Å². The molecular formula is C15H32Si2. The molecule has 1 rings (SSSR count). The highest BCUT2D eigenvalue weighted by Crippen LogP contribution is 2.70. The monoisotopic (exact) mass is 268 g/mol. The summed E-state index contributed by atoms with van der Waals surface area (Å²) < 4.78 is 0.728. The zero-order valence-electron chi connectivity index (χ0n) is 13.1. The third-order valence-electron chi connectivity index (χ3n) is 4.64. The zero-order valence-corrected chi connectivity index (χ0v) is 15.1. The van der Waals surface area contributed by atoms with Crippen LogP contribution >= 0.6 is 0 Å². The summed E-state index contributed by atoms with van der Waals surface area (Å²) >= 11 is 0. The molecule has 1 aliphatic rings. The second-order valence-electron chi connectivity index (χ2n) is 7.81. The molecule has 0 aliphatic heterocycles. The maximum Gasteiger partial charge on any atom is 0.0527 e. The van der Waals surface area contributed by atoms with Crippen molar-refractivity contribution < 1.29 is 0 Å². The van der Waals surface area contributed by atoms with Crippen molar-refractivity contribution in [2.24, 2.45) is 0 Å². The first-order valence-electron chi connectivity index (χ1n) is 7.36. The van der Waals surface area contributed by atoms with E-state index in [9.17, 15) is 0 Å². The van der Waals surface area contributed by atoms with Gasteiger partial charge in [-0.05, 0) is 23.9 Å². The van der Waals surface area contributed by atoms with E-state index in [0.29, 0.717) is 0 Å². The van der Waals surface area contributed by atoms with Gasteiger partial charge in [0.15, 0.2) is 0 Å². The van der Waals surface area contributed by atoms with E-state index in [1.165, 1.54) is 32.1 Å². The predicted molar refractivity (Wildman–Crippen MR) is 86.2 cm³/mol. The fourth-order valence-electron chi connectivity index (χ4n) is 3.78. The second-order valence-corrected chi connectivity index (χ2v) is 19.0. The molecular weight excluding hydrogens is 236 g/mol. The zero-order chi connectivity index (χ0) is 13.3. The minimum atomic E-state index is -1.05. The van der Waals surface area contributed by atoms with Crippen LogP contribution in [0, 0.1) is 0 Å². The molecule has 0 spiro atoms. The van der Waals surface area contributed by atoms with Crippen LogP contribution in [0.2, 0.25) is 43.9 Å². The van der Waals surface area contributed by atoms with E-state index in [1.807, 2.05) is 5.57 Å². The Kier molecular flexibility index (Phi) is 4.52. The lowest BCUT2D eigenvalue weighted by molar-refractivity contribution is 0.728. The number of rotatable bonds is 6. The lowest BCUT2D eigenvalue weighted by Gasteiger charge is -2.39. The summed E-state index contributed by atoms with van der Waals surface area (Å²) in [6.07, 6.45) is 9.54. The smallest absolute Gasteiger partial charge is 0.0527 e. The Bertz CT molecular complexity index is 275. The number of unbranched alkanes of at least 4 members (excludes halogenated alkanes) is 3. The Hall–Kier alpha value is 0.174. The van der Waals surface area contributed by atoms with Crippen LogP contribution in [-0.4, -0.2) is 16.1 Å². The van der Waals surface area contributed by atoms with Crippen LogP contribution in [0.4, 0.5) is 0 Å². The molecule has 1 saturated carbocycles. The molecule has 0 saturated heterocycles. The molecule has 100 valence electrons. The highest BCUT2D eigenvalue weighted by Gasteiger charge is 2.63. The van der Waals surface area contributed by atoms with E-state index in [4.69, 9.17) is 0 Å². The maximum atomic E-state index is 2.62. The summed E-state index contributed by atoms with van der Waals surface area (Å²) in [7, 11) is -2.09. The Morgan fingerprint density at radius 1 is 1.00 bits per heavy atom. The van der Waals surface area contributed by atoms with Crippen LogP contribution in [0.5, 0.6) is 0 Å². The van der Waals surface area contributed by atoms with Crippen molar-refractivity contribution in [3.8, 4) is 0 Å². The molecule has 0 aromatic carbocycles. The molecule has 0 N–H and O–H groups in total. The molecule has 0 unspecified atom stereocenters. The van der Waals surface area contributed by atoms with E-state index >= 15 is 0 Å². The van der Waals surface area contributed by atoms with Crippen LogP contribution in [0.15, 0.2) is 11.6 Å². The average molecular weight is 269 g/mol. The van der Waals surface area contributed by atoms with Crippen molar-refractivity contribution >= 4 is 16.1 Å². The number of hydrogen-bond acceptors (Lipinski definition) is 0. The van der Waals surface area contributed by atoms with E-state index in [2.05, 4.69) is 52.3 Å². The van der Waals surface area contributed by atoms with Crippen molar-refractivity contribution in [3.05, 3.63) is 11.6 Å². The lowest BCUT2D eigenvalue weighted by Crippen LogP contribution is -2.46. The summed E-state index contributed by atoms with van der Waals surface area (Å²) in [5.41, 5.74) is 1.85. The van der Waals surface area contributed by atoms with Gasteiger partial charge in [0.05, 0.1) is 16.1 Å². The minimum Gasteiger partial charge on any atom is -0.0853 e. The van der Waals surface area contributed by atoms with Crippen molar-refractivity contribution in [2.45, 2.75) is 83.0 Å². The summed E-state index contributed by atoms with van der Waals surface area (Å²) in [5.74, 6) is 0. The second kappa shape index (κ2) is 5.04. The van der Waals surface area contributed by atoms with Crippen LogP contribution in [0.1, 0.15) is 39.0 Å². The number of allylic oxidation sites excluding steroid dienone is 2. The molecule has 0 bridgehead atoms. The molecule has 1 aliphatic carbocycles. The van der Waals surface area contributed by atoms with Gasteiger partial charge in [0.2, 0.25) is 0 Å². The van der Waals surface area contributed by atoms with Crippen molar-refractivity contribution in [1.82, 2.24) is 0 Å². The quantitative estimate of drug-likeness (QED) is 0.322. The molecule has 0 aromatic heterocycles. The molecule has 1 fully saturated rings. The third kappa shape index (κ3) is 2.95. The van der Waals surface area contributed by atoms with E-state index in [0.717, 1.165) is 4.66 Å². The van der Waals surface area contributed by atoms with E-state index in [1.54, 1.807) is 0 Å². The summed E-state index contributed by atoms with van der Waals surface area (Å²) in [6.45, 7) is 17.8. The van der Waals surface area contributed by atoms with Crippen molar-refractivity contribution in [2.75, 3.05) is 0 Å². The molecule has 0 amide bonds. The first kappa shape index (κ1) is 15.2. The Balaban J connectivity index is 2.74. The highest BCUT2D eigenvalue weighted by molar-refractivity contribution is 7.01. The normalized spacial score (nSPS) is 21.9. The lowest BCUT2D eigenvalue weighted by atomic mass is 10.2. The topological polar surface area (TPSA) is 0 Å². The molecule has 2 heteroatoms. The van der Waals surface area contributed by atoms with Gasteiger partial charge in [-0.15, -0.1) is 0 Å². The van der Waals surface area contributed by atoms with Gasteiger partial charge in [-0.2, -0.15) is 0 Å². The maximum absolute atomic E-state index is 2.62. The Morgan fingerprint density at radius 2 is 1.53 bits per heavy atom. The van der Waals surface area contributed by atoms with Gasteiger partial charge in [0.1, 0.15) is 0 Å². The molecule has 17 heavy (non-hydrogen) atoms. The van der Waals surface area contributed by atoms with Gasteiger partial charge in [-0.1, -0.05) is 70.7 Å². The third-order valence-corrected chi connectivity index (χ3v) is 15.3. The standard InChI is InChI=1S/C15H32Si2/c1-8-9-10-11-12-14-13-15(14,16(2,3)4)17(5,6)7/h12H,8-11,13H2,1-7H3/b14-12-. The van der Waals surface area contributed by atoms with Crippen LogP contribution in [0.3, 0.4) is 0 Å². The molecule has 0 aromatic rings. The highest BCUT2D eigenvalue weighted by atomic mass is 28.4. The van der Waals surface area contributed by atoms with Crippen LogP contribution in [0.25, 0.3) is 0 Å². The van der Waals surface area contributed by atoms with E-state index < -0.39 is 16.1 Å². The molecule has 0 atom stereocenters. The molecule has 0 nitrogen and oxygen atoms in total. The van der Waals surface area contributed by atoms with E-state index in [-0.39, 0.29) is 0 Å². The Labute approximate surface area is 111 Å². The van der Waals surface area contributed by atoms with Crippen LogP contribution in [-0.2, 0) is 0 Å². The van der Waals surface area contributed by atoms with Gasteiger partial charge >= 0.3 is 0 Å². The van der Waals surface area contributed by atoms with Crippen LogP contribution < -0.4 is 0 Å². The van der Waals surface area contributed by atoms with Crippen molar-refractivity contribution in [3.63, 3.8) is 0 Å². The minimum absolute atomic E-state index is 0.728. The first-order chi connectivity index (χ1) is 7.67. The fraction of sp³-hybridized carbons (Fsp3) is 0.867. The predicted octanol–water partition coefficient (Wildman–Crippen LogP) is 5.85. The summed E-state index contributed by atoms with van der Waals surface area (Å²) in [5, 5.41) is 0. The SMILES string of the molecule is CCCCC/C=C1/CC1([Si](C)(C)C)[Si](C)(C)C. The average Bonchev–Trinajstić information content (AvgIpc) is 2.86. The number of hydrogen-bond donors (Lipinski definition) is 0. The molecule has 0 radical (unpaired) electrons. The van der Waals surface area contributed by atoms with Crippen molar-refractivity contribution in [1.29, 1.82) is 0 Å². The fourth-order valence-corrected chi connectivity index (χ4v) is 16.3. The first-order valence-corrected chi connectivity index (χ1v) is 14.4. The van der Waals surface area contributed by atoms with Gasteiger partial charge in [-0.25, -0.2) is 0 Å². The van der Waals surface area contributed by atoms with Gasteiger partial charge < -0.3 is 0 Å². The Morgan fingerprint density at radius 3 is 1.88 bits per heavy atom. The van der Waals surface area contributed by atoms with Gasteiger partial charge in [0.25, 0.3) is 0 Å². The summed E-state index contributed by atoms with van der Waals surface area (Å²) in [4.78, 5) is 0. The summed E-state index contributed by atoms with van der Waals surface area (Å²) in [6, 6.07) is 0. The largest absolute Gasteiger partial charge is 0.0853 e.